The lowest BCUT2D eigenvalue weighted by Gasteiger charge is -2.24. The zero-order valence-electron chi connectivity index (χ0n) is 11.3. The van der Waals surface area contributed by atoms with Crippen LogP contribution in [0.1, 0.15) is 6.42 Å². The van der Waals surface area contributed by atoms with Gasteiger partial charge < -0.3 is 11.1 Å². The third-order valence-electron chi connectivity index (χ3n) is 3.38. The third kappa shape index (κ3) is 3.30. The average molecular weight is 300 g/mol. The third-order valence-corrected chi connectivity index (χ3v) is 3.69. The Labute approximate surface area is 122 Å². The first-order valence-corrected chi connectivity index (χ1v) is 6.80. The molecule has 8 heteroatoms. The molecule has 7 nitrogen and oxygen atoms in total. The number of nitro groups is 1. The minimum atomic E-state index is -0.509. The fourth-order valence-electron chi connectivity index (χ4n) is 2.27. The molecule has 1 aromatic rings. The molecule has 1 aromatic carbocycles. The molecular formula is C12H18ClN5O2. The van der Waals surface area contributed by atoms with Crippen molar-refractivity contribution in [2.24, 2.45) is 0 Å². The number of nitrogens with zero attached hydrogens (tertiary/aromatic N) is 3. The van der Waals surface area contributed by atoms with Crippen LogP contribution in [-0.4, -0.2) is 48.2 Å². The summed E-state index contributed by atoms with van der Waals surface area (Å²) in [4.78, 5) is 10.3. The summed E-state index contributed by atoms with van der Waals surface area (Å²) in [5.41, 5.74) is 6.05. The molecule has 0 unspecified atom stereocenters. The van der Waals surface area contributed by atoms with E-state index in [-0.39, 0.29) is 11.4 Å². The molecule has 1 fully saturated rings. The van der Waals surface area contributed by atoms with Crippen LogP contribution in [0, 0.1) is 10.1 Å². The number of hydrogen-bond acceptors (Lipinski definition) is 6. The first kappa shape index (κ1) is 14.8. The quantitative estimate of drug-likeness (QED) is 0.490. The molecular weight excluding hydrogens is 282 g/mol. The highest BCUT2D eigenvalue weighted by Crippen LogP contribution is 2.32. The van der Waals surface area contributed by atoms with Crippen molar-refractivity contribution in [2.75, 3.05) is 44.3 Å². The molecule has 1 aliphatic heterocycles. The van der Waals surface area contributed by atoms with Crippen LogP contribution in [0.5, 0.6) is 0 Å². The van der Waals surface area contributed by atoms with E-state index < -0.39 is 4.92 Å². The number of benzene rings is 1. The molecule has 0 radical (unpaired) electrons. The largest absolute Gasteiger partial charge is 0.393 e. The molecule has 1 aliphatic rings. The minimum Gasteiger partial charge on any atom is -0.393 e. The van der Waals surface area contributed by atoms with Crippen LogP contribution in [0.2, 0.25) is 5.02 Å². The summed E-state index contributed by atoms with van der Waals surface area (Å²) in [5.74, 6) is 0. The van der Waals surface area contributed by atoms with Gasteiger partial charge in [-0.3, -0.25) is 10.1 Å². The van der Waals surface area contributed by atoms with Gasteiger partial charge in [-0.1, -0.05) is 11.6 Å². The summed E-state index contributed by atoms with van der Waals surface area (Å²) in [6.07, 6.45) is 1.16. The van der Waals surface area contributed by atoms with Crippen LogP contribution in [-0.2, 0) is 0 Å². The van der Waals surface area contributed by atoms with Crippen molar-refractivity contribution in [3.63, 3.8) is 0 Å². The second-order valence-electron chi connectivity index (χ2n) is 4.76. The summed E-state index contributed by atoms with van der Waals surface area (Å²) in [6.45, 7) is 3.58. The highest BCUT2D eigenvalue weighted by molar-refractivity contribution is 6.33. The summed E-state index contributed by atoms with van der Waals surface area (Å²) >= 11 is 6.04. The first-order chi connectivity index (χ1) is 9.49. The second-order valence-corrected chi connectivity index (χ2v) is 5.17. The first-order valence-electron chi connectivity index (χ1n) is 6.42. The van der Waals surface area contributed by atoms with Crippen molar-refractivity contribution in [3.8, 4) is 0 Å². The van der Waals surface area contributed by atoms with Crippen molar-refractivity contribution < 1.29 is 4.92 Å². The molecule has 3 N–H and O–H groups in total. The summed E-state index contributed by atoms with van der Waals surface area (Å²) < 4.78 is 0. The van der Waals surface area contributed by atoms with Gasteiger partial charge in [0.05, 0.1) is 15.6 Å². The van der Waals surface area contributed by atoms with E-state index in [1.165, 1.54) is 12.1 Å². The van der Waals surface area contributed by atoms with Gasteiger partial charge in [-0.25, -0.2) is 10.0 Å². The van der Waals surface area contributed by atoms with Crippen molar-refractivity contribution in [1.29, 1.82) is 0 Å². The highest BCUT2D eigenvalue weighted by Gasteiger charge is 2.18. The molecule has 2 rings (SSSR count). The topological polar surface area (TPSA) is 87.7 Å². The maximum Gasteiger partial charge on any atom is 0.294 e. The van der Waals surface area contributed by atoms with Crippen molar-refractivity contribution >= 4 is 28.7 Å². The van der Waals surface area contributed by atoms with Gasteiger partial charge in [0.1, 0.15) is 5.69 Å². The predicted molar refractivity (Wildman–Crippen MR) is 79.8 cm³/mol. The van der Waals surface area contributed by atoms with Crippen LogP contribution >= 0.6 is 11.6 Å². The smallest absolute Gasteiger partial charge is 0.294 e. The van der Waals surface area contributed by atoms with Crippen molar-refractivity contribution in [1.82, 2.24) is 10.0 Å². The molecule has 0 aromatic heterocycles. The van der Waals surface area contributed by atoms with E-state index in [0.717, 1.165) is 26.1 Å². The summed E-state index contributed by atoms with van der Waals surface area (Å²) in [7, 11) is 2.05. The Balaban J connectivity index is 1.98. The van der Waals surface area contributed by atoms with Gasteiger partial charge in [-0.2, -0.15) is 0 Å². The molecule has 0 saturated carbocycles. The number of hydrogen-bond donors (Lipinski definition) is 2. The standard InChI is InChI=1S/C12H18ClN5O2/c1-16-4-2-5-17(16)6-3-15-11-8-12(18(19)20)10(14)7-9(11)13/h7-8,15H,2-6,14H2,1H3. The molecule has 0 aliphatic carbocycles. The van der Waals surface area contributed by atoms with Crippen LogP contribution in [0.25, 0.3) is 0 Å². The van der Waals surface area contributed by atoms with E-state index in [1.807, 2.05) is 7.05 Å². The van der Waals surface area contributed by atoms with Gasteiger partial charge in [0.15, 0.2) is 0 Å². The Morgan fingerprint density at radius 3 is 2.85 bits per heavy atom. The molecule has 20 heavy (non-hydrogen) atoms. The van der Waals surface area contributed by atoms with E-state index in [2.05, 4.69) is 15.3 Å². The van der Waals surface area contributed by atoms with Gasteiger partial charge in [0.25, 0.3) is 5.69 Å². The zero-order chi connectivity index (χ0) is 14.7. The van der Waals surface area contributed by atoms with Crippen LogP contribution < -0.4 is 11.1 Å². The molecule has 1 saturated heterocycles. The number of rotatable bonds is 5. The predicted octanol–water partition coefficient (Wildman–Crippen LogP) is 1.79. The van der Waals surface area contributed by atoms with Gasteiger partial charge >= 0.3 is 0 Å². The fraction of sp³-hybridized carbons (Fsp3) is 0.500. The summed E-state index contributed by atoms with van der Waals surface area (Å²) in [5, 5.41) is 18.8. The fourth-order valence-corrected chi connectivity index (χ4v) is 2.51. The average Bonchev–Trinajstić information content (AvgIpc) is 2.77. The zero-order valence-corrected chi connectivity index (χ0v) is 12.1. The molecule has 0 amide bonds. The molecule has 0 bridgehead atoms. The van der Waals surface area contributed by atoms with Crippen molar-refractivity contribution in [3.05, 3.63) is 27.3 Å². The number of nitrogens with two attached hydrogens (primary N) is 1. The van der Waals surface area contributed by atoms with Gasteiger partial charge in [-0.15, -0.1) is 0 Å². The number of nitrogen functional groups attached to an aromatic ring is 1. The minimum absolute atomic E-state index is 0.0739. The van der Waals surface area contributed by atoms with E-state index >= 15 is 0 Å². The Morgan fingerprint density at radius 1 is 1.50 bits per heavy atom. The van der Waals surface area contributed by atoms with Gasteiger partial charge in [0.2, 0.25) is 0 Å². The highest BCUT2D eigenvalue weighted by atomic mass is 35.5. The van der Waals surface area contributed by atoms with Gasteiger partial charge in [-0.05, 0) is 12.5 Å². The van der Waals surface area contributed by atoms with Crippen molar-refractivity contribution in [2.45, 2.75) is 6.42 Å². The Bertz CT molecular complexity index is 511. The molecule has 0 spiro atoms. The Kier molecular flexibility index (Phi) is 4.64. The number of nitro benzene ring substituents is 1. The maximum atomic E-state index is 10.9. The Morgan fingerprint density at radius 2 is 2.25 bits per heavy atom. The second kappa shape index (κ2) is 6.25. The monoisotopic (exact) mass is 299 g/mol. The normalized spacial score (nSPS) is 16.5. The number of halogens is 1. The van der Waals surface area contributed by atoms with E-state index in [1.54, 1.807) is 0 Å². The van der Waals surface area contributed by atoms with E-state index in [4.69, 9.17) is 17.3 Å². The van der Waals surface area contributed by atoms with Gasteiger partial charge in [0, 0.05) is 39.3 Å². The number of hydrazine groups is 1. The summed E-state index contributed by atoms with van der Waals surface area (Å²) in [6, 6.07) is 2.79. The van der Waals surface area contributed by atoms with Crippen LogP contribution in [0.4, 0.5) is 17.1 Å². The molecule has 110 valence electrons. The number of nitrogens with one attached hydrogen (secondary N) is 1. The van der Waals surface area contributed by atoms with E-state index in [0.29, 0.717) is 17.3 Å². The lowest BCUT2D eigenvalue weighted by Crippen LogP contribution is -2.36. The molecule has 1 heterocycles. The van der Waals surface area contributed by atoms with Crippen LogP contribution in [0.15, 0.2) is 12.1 Å². The lowest BCUT2D eigenvalue weighted by atomic mass is 10.2. The molecule has 0 atom stereocenters. The maximum absolute atomic E-state index is 10.9. The number of anilines is 2. The van der Waals surface area contributed by atoms with Crippen LogP contribution in [0.3, 0.4) is 0 Å². The SMILES string of the molecule is CN1CCCN1CCNc1cc([N+](=O)[O-])c(N)cc1Cl. The Hall–Kier alpha value is -1.57. The van der Waals surface area contributed by atoms with E-state index in [9.17, 15) is 10.1 Å². The lowest BCUT2D eigenvalue weighted by molar-refractivity contribution is -0.383.